The number of hydrogen-bond donors (Lipinski definition) is 2. The first-order valence-corrected chi connectivity index (χ1v) is 21.7. The number of esters is 2. The van der Waals surface area contributed by atoms with Gasteiger partial charge in [-0.3, -0.25) is 19.2 Å². The molecule has 0 aromatic carbocycles. The number of nitrogens with zero attached hydrogens (tertiary/aromatic N) is 1. The van der Waals surface area contributed by atoms with Crippen molar-refractivity contribution in [2.45, 2.75) is 174 Å². The number of carbonyl (C=O) groups is 5. The van der Waals surface area contributed by atoms with Gasteiger partial charge in [0, 0.05) is 59.0 Å². The van der Waals surface area contributed by atoms with Gasteiger partial charge in [-0.05, 0) is 95.5 Å². The Morgan fingerprint density at radius 3 is 2.20 bits per heavy atom. The van der Waals surface area contributed by atoms with Crippen molar-refractivity contribution >= 4 is 29.4 Å². The summed E-state index contributed by atoms with van der Waals surface area (Å²) in [6.07, 6.45) is 3.73. The highest BCUT2D eigenvalue weighted by molar-refractivity contribution is 6.39. The number of amides is 1. The van der Waals surface area contributed by atoms with Gasteiger partial charge in [0.1, 0.15) is 30.1 Å². The molecular formula is C45H71NO13. The van der Waals surface area contributed by atoms with Crippen LogP contribution < -0.4 is 0 Å². The molecule has 2 saturated heterocycles. The van der Waals surface area contributed by atoms with Crippen LogP contribution in [0.4, 0.5) is 0 Å². The lowest BCUT2D eigenvalue weighted by Gasteiger charge is -2.47. The monoisotopic (exact) mass is 833 g/mol. The average Bonchev–Trinajstić information content (AvgIpc) is 3.20. The van der Waals surface area contributed by atoms with Crippen molar-refractivity contribution in [1.29, 1.82) is 0 Å². The normalized spacial score (nSPS) is 39.9. The third-order valence-electron chi connectivity index (χ3n) is 13.2. The zero-order valence-electron chi connectivity index (χ0n) is 37.0. The van der Waals surface area contributed by atoms with Gasteiger partial charge in [0.15, 0.2) is 0 Å². The number of methoxy groups -OCH3 is 3. The molecule has 14 heteroatoms. The van der Waals surface area contributed by atoms with Crippen LogP contribution in [0.5, 0.6) is 0 Å². The summed E-state index contributed by atoms with van der Waals surface area (Å²) in [4.78, 5) is 69.6. The van der Waals surface area contributed by atoms with E-state index in [0.717, 1.165) is 5.57 Å². The SMILES string of the molecule is CC[C@@H]1/C=C(\C)C[C@H](C)C[C@H](OC)[C@H]2O[C@@](O)(C(=O)C(=O)N3CCCC[C@H]3C(=O)O[C@H](/C(C)=C/C3CC[C@@H](OC(C)=O)[C@H](OC)C3)[C@@H](C)[C@@H](O)CC1=O)[C@H](C)C[C@@H]2OC. The Kier molecular flexibility index (Phi) is 17.9. The van der Waals surface area contributed by atoms with Crippen molar-refractivity contribution in [3.05, 3.63) is 23.3 Å². The number of aliphatic hydroxyl groups is 2. The van der Waals surface area contributed by atoms with Gasteiger partial charge in [-0.1, -0.05) is 45.4 Å². The highest BCUT2D eigenvalue weighted by Crippen LogP contribution is 2.39. The summed E-state index contributed by atoms with van der Waals surface area (Å²) in [5.41, 5.74) is 1.63. The Labute approximate surface area is 350 Å². The number of piperidine rings is 1. The molecule has 1 aliphatic carbocycles. The molecule has 3 fully saturated rings. The van der Waals surface area contributed by atoms with Gasteiger partial charge >= 0.3 is 11.9 Å². The third kappa shape index (κ3) is 11.9. The highest BCUT2D eigenvalue weighted by atomic mass is 16.7. The summed E-state index contributed by atoms with van der Waals surface area (Å²) in [7, 11) is 4.63. The standard InChI is InChI=1S/C45H71NO13/c1-11-32-19-25(2)18-26(3)20-38(55-9)41-39(56-10)22-28(5)45(53,59-41)42(50)43(51)46-17-13-12-14-33(46)44(52)58-40(29(6)34(48)24-35(32)49)27(4)21-31-15-16-36(57-30(7)47)37(23-31)54-8/h19,21,26,28-29,31-34,36-41,48,53H,11-18,20,22-24H2,1-10H3/b25-19+,27-21+/t26-,28+,29-,31?,32+,33-,34-,36+,37+,38-,39-,40+,41+,45+/m0/s1. The van der Waals surface area contributed by atoms with Crippen molar-refractivity contribution in [3.63, 3.8) is 0 Å². The van der Waals surface area contributed by atoms with E-state index in [4.69, 9.17) is 28.4 Å². The maximum atomic E-state index is 14.4. The zero-order chi connectivity index (χ0) is 43.8. The third-order valence-corrected chi connectivity index (χ3v) is 13.2. The van der Waals surface area contributed by atoms with Gasteiger partial charge in [-0.25, -0.2) is 4.79 Å². The van der Waals surface area contributed by atoms with Crippen LogP contribution in [0.15, 0.2) is 23.3 Å². The molecule has 1 amide bonds. The molecule has 1 saturated carbocycles. The van der Waals surface area contributed by atoms with E-state index in [1.165, 1.54) is 26.0 Å². The van der Waals surface area contributed by atoms with Crippen molar-refractivity contribution in [1.82, 2.24) is 4.90 Å². The molecule has 14 nitrogen and oxygen atoms in total. The van der Waals surface area contributed by atoms with Crippen LogP contribution in [0.2, 0.25) is 0 Å². The van der Waals surface area contributed by atoms with Gasteiger partial charge in [-0.15, -0.1) is 0 Å². The van der Waals surface area contributed by atoms with E-state index in [0.29, 0.717) is 56.9 Å². The molecule has 14 atom stereocenters. The molecule has 2 N–H and O–H groups in total. The van der Waals surface area contributed by atoms with Gasteiger partial charge in [0.05, 0.1) is 24.4 Å². The second-order valence-corrected chi connectivity index (χ2v) is 17.7. The molecule has 0 spiro atoms. The summed E-state index contributed by atoms with van der Waals surface area (Å²) in [5, 5.41) is 23.8. The Bertz CT molecular complexity index is 1540. The van der Waals surface area contributed by atoms with Crippen LogP contribution in [0.1, 0.15) is 119 Å². The molecule has 4 aliphatic rings. The molecule has 0 aromatic rings. The fourth-order valence-corrected chi connectivity index (χ4v) is 9.72. The summed E-state index contributed by atoms with van der Waals surface area (Å²) in [6, 6.07) is -1.15. The molecule has 334 valence electrons. The van der Waals surface area contributed by atoms with Gasteiger partial charge in [-0.2, -0.15) is 0 Å². The molecule has 4 rings (SSSR count). The van der Waals surface area contributed by atoms with Crippen molar-refractivity contribution in [2.24, 2.45) is 29.6 Å². The van der Waals surface area contributed by atoms with Crippen molar-refractivity contribution in [3.8, 4) is 0 Å². The quantitative estimate of drug-likeness (QED) is 0.198. The number of carbonyl (C=O) groups excluding carboxylic acids is 5. The van der Waals surface area contributed by atoms with E-state index in [1.54, 1.807) is 21.0 Å². The zero-order valence-corrected chi connectivity index (χ0v) is 37.0. The first-order chi connectivity index (χ1) is 27.9. The number of ketones is 2. The smallest absolute Gasteiger partial charge is 0.329 e. The summed E-state index contributed by atoms with van der Waals surface area (Å²) in [5.74, 6) is -8.04. The largest absolute Gasteiger partial charge is 0.460 e. The minimum absolute atomic E-state index is 0.0260. The van der Waals surface area contributed by atoms with Crippen molar-refractivity contribution in [2.75, 3.05) is 27.9 Å². The van der Waals surface area contributed by atoms with Crippen LogP contribution in [0, 0.1) is 29.6 Å². The number of ether oxygens (including phenoxy) is 6. The van der Waals surface area contributed by atoms with Crippen molar-refractivity contribution < 1.29 is 62.6 Å². The average molecular weight is 834 g/mol. The number of fused-ring (bicyclic) bond motifs is 3. The lowest BCUT2D eigenvalue weighted by atomic mass is 9.81. The molecule has 59 heavy (non-hydrogen) atoms. The summed E-state index contributed by atoms with van der Waals surface area (Å²) in [6.45, 7) is 12.6. The summed E-state index contributed by atoms with van der Waals surface area (Å²) >= 11 is 0. The molecule has 0 radical (unpaired) electrons. The van der Waals surface area contributed by atoms with E-state index >= 15 is 0 Å². The molecule has 3 heterocycles. The van der Waals surface area contributed by atoms with E-state index in [-0.39, 0.29) is 61.6 Å². The van der Waals surface area contributed by atoms with Crippen LogP contribution in [-0.2, 0) is 52.4 Å². The second-order valence-electron chi connectivity index (χ2n) is 17.7. The van der Waals surface area contributed by atoms with Crippen LogP contribution in [-0.4, -0.2) is 127 Å². The van der Waals surface area contributed by atoms with E-state index < -0.39 is 77.8 Å². The maximum absolute atomic E-state index is 14.4. The molecule has 1 unspecified atom stereocenters. The Balaban J connectivity index is 1.75. The topological polar surface area (TPSA) is 184 Å². The predicted octanol–water partition coefficient (Wildman–Crippen LogP) is 5.04. The number of cyclic esters (lactones) is 1. The maximum Gasteiger partial charge on any atom is 0.329 e. The first kappa shape index (κ1) is 48.7. The minimum Gasteiger partial charge on any atom is -0.460 e. The van der Waals surface area contributed by atoms with Crippen LogP contribution in [0.3, 0.4) is 0 Å². The van der Waals surface area contributed by atoms with Gasteiger partial charge < -0.3 is 43.5 Å². The van der Waals surface area contributed by atoms with E-state index in [2.05, 4.69) is 0 Å². The highest BCUT2D eigenvalue weighted by Gasteiger charge is 2.56. The lowest BCUT2D eigenvalue weighted by Crippen LogP contribution is -2.64. The number of Topliss-reactive ketones (excluding diaryl/α,β-unsaturated/α-hetero) is 2. The Morgan fingerprint density at radius 2 is 1.58 bits per heavy atom. The van der Waals surface area contributed by atoms with E-state index in [1.807, 2.05) is 39.8 Å². The lowest BCUT2D eigenvalue weighted by molar-refractivity contribution is -0.302. The molecule has 0 aromatic heterocycles. The van der Waals surface area contributed by atoms with E-state index in [9.17, 15) is 34.2 Å². The van der Waals surface area contributed by atoms with Crippen LogP contribution in [0.25, 0.3) is 0 Å². The Morgan fingerprint density at radius 1 is 0.915 bits per heavy atom. The number of rotatable bonds is 7. The number of hydrogen-bond acceptors (Lipinski definition) is 13. The van der Waals surface area contributed by atoms with Gasteiger partial charge in [0.25, 0.3) is 11.7 Å². The molecular weight excluding hydrogens is 762 g/mol. The Hall–Kier alpha value is -3.01. The van der Waals surface area contributed by atoms with Crippen LogP contribution >= 0.6 is 0 Å². The molecule has 2 bridgehead atoms. The van der Waals surface area contributed by atoms with Gasteiger partial charge in [0.2, 0.25) is 5.79 Å². The number of allylic oxidation sites excluding steroid dienone is 3. The second kappa shape index (κ2) is 21.7. The number of aliphatic hydroxyl groups excluding tert-OH is 1. The predicted molar refractivity (Wildman–Crippen MR) is 218 cm³/mol. The summed E-state index contributed by atoms with van der Waals surface area (Å²) < 4.78 is 35.5. The fourth-order valence-electron chi connectivity index (χ4n) is 9.72. The molecule has 3 aliphatic heterocycles. The fraction of sp³-hybridized carbons (Fsp3) is 0.800. The first-order valence-electron chi connectivity index (χ1n) is 21.7. The minimum atomic E-state index is -2.51.